The molecule has 0 aliphatic carbocycles. The Morgan fingerprint density at radius 2 is 1.80 bits per heavy atom. The van der Waals surface area contributed by atoms with Crippen LogP contribution in [0.15, 0.2) is 0 Å². The fourth-order valence-corrected chi connectivity index (χ4v) is 0. The molecular formula is C2H5O3. The molecule has 5 heavy (non-hydrogen) atoms. The van der Waals surface area contributed by atoms with Crippen molar-refractivity contribution in [3.05, 3.63) is 0 Å². The summed E-state index contributed by atoms with van der Waals surface area (Å²) in [5.41, 5.74) is 0. The van der Waals surface area contributed by atoms with Crippen molar-refractivity contribution in [2.24, 2.45) is 0 Å². The Morgan fingerprint density at radius 1 is 1.60 bits per heavy atom. The summed E-state index contributed by atoms with van der Waals surface area (Å²) in [5, 5.41) is 24.3. The van der Waals surface area contributed by atoms with Gasteiger partial charge >= 0.3 is 0 Å². The molecule has 0 amide bonds. The molecule has 0 aliphatic rings. The minimum atomic E-state index is -1.67. The van der Waals surface area contributed by atoms with Gasteiger partial charge < -0.3 is 10.2 Å². The quantitative estimate of drug-likeness (QED) is 0.383. The molecule has 3 heteroatoms. The second kappa shape index (κ2) is 2.14. The highest BCUT2D eigenvalue weighted by Gasteiger charge is 1.87. The summed E-state index contributed by atoms with van der Waals surface area (Å²) in [6.07, 6.45) is -1.67. The van der Waals surface area contributed by atoms with Crippen LogP contribution >= 0.6 is 0 Å². The predicted molar refractivity (Wildman–Crippen MR) is 13.8 cm³/mol. The highest BCUT2D eigenvalue weighted by atomic mass is 16.5. The third-order valence-corrected chi connectivity index (χ3v) is 0.149. The molecule has 2 N–H and O–H groups in total. The highest BCUT2D eigenvalue weighted by Crippen LogP contribution is 1.63. The van der Waals surface area contributed by atoms with Crippen LogP contribution in [0.1, 0.15) is 0 Å². The van der Waals surface area contributed by atoms with Crippen LogP contribution < -0.4 is 0 Å². The lowest BCUT2D eigenvalue weighted by Gasteiger charge is -1.87. The lowest BCUT2D eigenvalue weighted by atomic mass is 10.7. The van der Waals surface area contributed by atoms with Crippen molar-refractivity contribution in [2.75, 3.05) is 6.61 Å². The molecule has 0 aromatic heterocycles. The number of aliphatic hydroxyl groups is 2. The van der Waals surface area contributed by atoms with Gasteiger partial charge in [-0.05, 0) is 0 Å². The third kappa shape index (κ3) is 3.88. The first-order valence-electron chi connectivity index (χ1n) is 1.21. The minimum absolute atomic E-state index is 0.833. The summed E-state index contributed by atoms with van der Waals surface area (Å²) in [5.74, 6) is 0. The van der Waals surface area contributed by atoms with Crippen LogP contribution in [0.2, 0.25) is 0 Å². The number of hydrogen-bond donors (Lipinski definition) is 2. The van der Waals surface area contributed by atoms with Crippen LogP contribution in [0.3, 0.4) is 0 Å². The molecule has 0 saturated heterocycles. The van der Waals surface area contributed by atoms with E-state index in [1.54, 1.807) is 0 Å². The first-order chi connectivity index (χ1) is 2.27. The summed E-state index contributed by atoms with van der Waals surface area (Å²) >= 11 is 0. The number of rotatable bonds is 1. The van der Waals surface area contributed by atoms with E-state index < -0.39 is 12.9 Å². The SMILES string of the molecule is [O]CC(O)O. The van der Waals surface area contributed by atoms with E-state index in [0.29, 0.717) is 0 Å². The van der Waals surface area contributed by atoms with Crippen molar-refractivity contribution in [1.82, 2.24) is 0 Å². The van der Waals surface area contributed by atoms with E-state index in [4.69, 9.17) is 15.3 Å². The highest BCUT2D eigenvalue weighted by molar-refractivity contribution is 4.19. The van der Waals surface area contributed by atoms with Gasteiger partial charge in [0.15, 0.2) is 6.29 Å². The van der Waals surface area contributed by atoms with Gasteiger partial charge in [-0.3, -0.25) is 0 Å². The zero-order chi connectivity index (χ0) is 4.28. The lowest BCUT2D eigenvalue weighted by Crippen LogP contribution is -2.07. The van der Waals surface area contributed by atoms with E-state index in [1.807, 2.05) is 0 Å². The van der Waals surface area contributed by atoms with E-state index >= 15 is 0 Å². The standard InChI is InChI=1S/C2H5O3/c3-1-2(4)5/h2,4-5H,1H2. The van der Waals surface area contributed by atoms with Crippen molar-refractivity contribution in [3.63, 3.8) is 0 Å². The van der Waals surface area contributed by atoms with E-state index in [2.05, 4.69) is 0 Å². The molecule has 1 radical (unpaired) electrons. The second-order valence-electron chi connectivity index (χ2n) is 0.647. The fourth-order valence-electron chi connectivity index (χ4n) is 0. The van der Waals surface area contributed by atoms with Crippen LogP contribution in [-0.4, -0.2) is 23.1 Å². The third-order valence-electron chi connectivity index (χ3n) is 0.149. The van der Waals surface area contributed by atoms with Gasteiger partial charge in [0.2, 0.25) is 0 Å². The van der Waals surface area contributed by atoms with Crippen molar-refractivity contribution in [1.29, 1.82) is 0 Å². The monoisotopic (exact) mass is 77.0 g/mol. The summed E-state index contributed by atoms with van der Waals surface area (Å²) < 4.78 is 0. The van der Waals surface area contributed by atoms with Crippen molar-refractivity contribution in [2.45, 2.75) is 6.29 Å². The Morgan fingerprint density at radius 3 is 1.80 bits per heavy atom. The van der Waals surface area contributed by atoms with Gasteiger partial charge in [0, 0.05) is 0 Å². The van der Waals surface area contributed by atoms with Gasteiger partial charge in [-0.2, -0.15) is 0 Å². The molecule has 0 atom stereocenters. The first kappa shape index (κ1) is 4.88. The molecule has 0 aromatic carbocycles. The molecule has 0 saturated carbocycles. The number of aliphatic hydroxyl groups excluding tert-OH is 1. The number of hydrogen-bond acceptors (Lipinski definition) is 2. The molecule has 0 aliphatic heterocycles. The minimum Gasteiger partial charge on any atom is -0.366 e. The van der Waals surface area contributed by atoms with Crippen LogP contribution in [0.5, 0.6) is 0 Å². The Bertz CT molecular complexity index is 18.9. The van der Waals surface area contributed by atoms with E-state index in [9.17, 15) is 0 Å². The summed E-state index contributed by atoms with van der Waals surface area (Å²) in [6.45, 7) is -0.833. The molecule has 3 nitrogen and oxygen atoms in total. The van der Waals surface area contributed by atoms with E-state index in [1.165, 1.54) is 0 Å². The molecule has 0 aromatic rings. The lowest BCUT2D eigenvalue weighted by molar-refractivity contribution is -0.0917. The summed E-state index contributed by atoms with van der Waals surface area (Å²) in [7, 11) is 0. The van der Waals surface area contributed by atoms with Gasteiger partial charge in [-0.15, -0.1) is 0 Å². The largest absolute Gasteiger partial charge is 0.366 e. The molecule has 0 spiro atoms. The molecule has 0 heterocycles. The molecule has 0 bridgehead atoms. The van der Waals surface area contributed by atoms with Crippen molar-refractivity contribution in [3.8, 4) is 0 Å². The van der Waals surface area contributed by atoms with Gasteiger partial charge in [0.25, 0.3) is 0 Å². The Kier molecular flexibility index (Phi) is 2.09. The zero-order valence-corrected chi connectivity index (χ0v) is 2.59. The topological polar surface area (TPSA) is 60.4 Å². The second-order valence-corrected chi connectivity index (χ2v) is 0.647. The van der Waals surface area contributed by atoms with Crippen LogP contribution in [0.25, 0.3) is 0 Å². The predicted octanol–water partition coefficient (Wildman–Crippen LogP) is -1.27. The molecule has 0 rings (SSSR count). The normalized spacial score (nSPS) is 9.60. The average molecular weight is 77.1 g/mol. The van der Waals surface area contributed by atoms with Crippen LogP contribution in [-0.2, 0) is 5.11 Å². The first-order valence-corrected chi connectivity index (χ1v) is 1.21. The smallest absolute Gasteiger partial charge is 0.178 e. The summed E-state index contributed by atoms with van der Waals surface area (Å²) in [4.78, 5) is 0. The zero-order valence-electron chi connectivity index (χ0n) is 2.59. The van der Waals surface area contributed by atoms with Gasteiger partial charge in [0.05, 0.1) is 0 Å². The fraction of sp³-hybridized carbons (Fsp3) is 1.00. The van der Waals surface area contributed by atoms with E-state index in [0.717, 1.165) is 0 Å². The maximum Gasteiger partial charge on any atom is 0.178 e. The van der Waals surface area contributed by atoms with Crippen molar-refractivity contribution < 1.29 is 15.3 Å². The maximum atomic E-state index is 9.13. The average Bonchev–Trinajstić information content (AvgIpc) is 1.38. The summed E-state index contributed by atoms with van der Waals surface area (Å²) in [6, 6.07) is 0. The molecule has 31 valence electrons. The Hall–Kier alpha value is -0.120. The van der Waals surface area contributed by atoms with Crippen LogP contribution in [0.4, 0.5) is 0 Å². The van der Waals surface area contributed by atoms with Gasteiger partial charge in [-0.25, -0.2) is 5.11 Å². The van der Waals surface area contributed by atoms with Gasteiger partial charge in [-0.1, -0.05) is 0 Å². The van der Waals surface area contributed by atoms with Gasteiger partial charge in [0.1, 0.15) is 6.61 Å². The Labute approximate surface area is 29.5 Å². The van der Waals surface area contributed by atoms with Crippen LogP contribution in [0, 0.1) is 0 Å². The molecule has 0 unspecified atom stereocenters. The molecular weight excluding hydrogens is 72.0 g/mol. The molecule has 0 fully saturated rings. The van der Waals surface area contributed by atoms with E-state index in [-0.39, 0.29) is 0 Å². The Balaban J connectivity index is 2.54. The van der Waals surface area contributed by atoms with Crippen molar-refractivity contribution >= 4 is 0 Å². The maximum absolute atomic E-state index is 9.13.